The molecule has 162 valence electrons. The second kappa shape index (κ2) is 10.0. The highest BCUT2D eigenvalue weighted by Gasteiger charge is 2.43. The highest BCUT2D eigenvalue weighted by molar-refractivity contribution is 5.91. The maximum atomic E-state index is 12.4. The van der Waals surface area contributed by atoms with Gasteiger partial charge in [-0.1, -0.05) is 30.3 Å². The molecule has 1 aliphatic rings. The number of ether oxygens (including phenoxy) is 3. The van der Waals surface area contributed by atoms with E-state index in [4.69, 9.17) is 14.2 Å². The molecule has 0 saturated carbocycles. The fourth-order valence-electron chi connectivity index (χ4n) is 3.19. The highest BCUT2D eigenvalue weighted by Crippen LogP contribution is 2.22. The van der Waals surface area contributed by atoms with Gasteiger partial charge in [0.1, 0.15) is 36.8 Å². The third kappa shape index (κ3) is 5.35. The van der Waals surface area contributed by atoms with Gasteiger partial charge in [-0.25, -0.2) is 4.79 Å². The minimum absolute atomic E-state index is 0.317. The summed E-state index contributed by atoms with van der Waals surface area (Å²) in [6.07, 6.45) is -6.82. The summed E-state index contributed by atoms with van der Waals surface area (Å²) in [6.45, 7) is 1.85. The maximum Gasteiger partial charge on any atom is 0.338 e. The van der Waals surface area contributed by atoms with Gasteiger partial charge in [-0.3, -0.25) is 0 Å². The lowest BCUT2D eigenvalue weighted by Crippen LogP contribution is -2.58. The molecular formula is C22H26O8. The van der Waals surface area contributed by atoms with Crippen LogP contribution >= 0.6 is 0 Å². The van der Waals surface area contributed by atoms with Crippen LogP contribution in [0, 0.1) is 6.92 Å². The number of rotatable bonds is 7. The molecule has 0 bridgehead atoms. The molecule has 1 unspecified atom stereocenters. The SMILES string of the molecule is Cc1cc(OCCc2ccccc2)ccc1C(=O)OC[C@H]1OC(O)[C@H](O)[C@@H](O)[C@H]1O. The Balaban J connectivity index is 1.52. The zero-order valence-corrected chi connectivity index (χ0v) is 16.5. The van der Waals surface area contributed by atoms with Crippen molar-refractivity contribution in [3.05, 3.63) is 65.2 Å². The Morgan fingerprint density at radius 1 is 1.00 bits per heavy atom. The fraction of sp³-hybridized carbons (Fsp3) is 0.409. The van der Waals surface area contributed by atoms with E-state index in [0.29, 0.717) is 23.5 Å². The Morgan fingerprint density at radius 3 is 2.43 bits per heavy atom. The van der Waals surface area contributed by atoms with E-state index in [9.17, 15) is 25.2 Å². The third-order valence-corrected chi connectivity index (χ3v) is 4.99. The maximum absolute atomic E-state index is 12.4. The van der Waals surface area contributed by atoms with Crippen molar-refractivity contribution in [1.82, 2.24) is 0 Å². The number of benzene rings is 2. The Morgan fingerprint density at radius 2 is 1.73 bits per heavy atom. The van der Waals surface area contributed by atoms with Gasteiger partial charge in [-0.05, 0) is 36.2 Å². The molecule has 3 rings (SSSR count). The van der Waals surface area contributed by atoms with Crippen molar-refractivity contribution >= 4 is 5.97 Å². The summed E-state index contributed by atoms with van der Waals surface area (Å²) in [5.74, 6) is -0.0134. The zero-order valence-electron chi connectivity index (χ0n) is 16.5. The van der Waals surface area contributed by atoms with Crippen molar-refractivity contribution in [2.45, 2.75) is 44.1 Å². The number of hydrogen-bond donors (Lipinski definition) is 4. The van der Waals surface area contributed by atoms with Crippen molar-refractivity contribution < 1.29 is 39.4 Å². The predicted octanol–water partition coefficient (Wildman–Crippen LogP) is 0.573. The molecule has 1 saturated heterocycles. The summed E-state index contributed by atoms with van der Waals surface area (Å²) >= 11 is 0. The Bertz CT molecular complexity index is 840. The third-order valence-electron chi connectivity index (χ3n) is 4.99. The molecule has 1 heterocycles. The molecule has 1 fully saturated rings. The molecule has 1 aliphatic heterocycles. The van der Waals surface area contributed by atoms with Crippen LogP contribution in [0.3, 0.4) is 0 Å². The van der Waals surface area contributed by atoms with Crippen LogP contribution in [0.2, 0.25) is 0 Å². The van der Waals surface area contributed by atoms with Gasteiger partial charge in [0.2, 0.25) is 0 Å². The van der Waals surface area contributed by atoms with Gasteiger partial charge in [0.05, 0.1) is 12.2 Å². The molecule has 8 nitrogen and oxygen atoms in total. The van der Waals surface area contributed by atoms with Crippen LogP contribution in [0.25, 0.3) is 0 Å². The topological polar surface area (TPSA) is 126 Å². The van der Waals surface area contributed by atoms with E-state index in [0.717, 1.165) is 6.42 Å². The Kier molecular flexibility index (Phi) is 7.41. The molecule has 0 aromatic heterocycles. The van der Waals surface area contributed by atoms with Crippen LogP contribution in [-0.2, 0) is 15.9 Å². The number of hydrogen-bond acceptors (Lipinski definition) is 8. The minimum Gasteiger partial charge on any atom is -0.493 e. The summed E-state index contributed by atoms with van der Waals surface area (Å²) < 4.78 is 15.9. The number of aryl methyl sites for hydroxylation is 1. The smallest absolute Gasteiger partial charge is 0.338 e. The van der Waals surface area contributed by atoms with Crippen LogP contribution < -0.4 is 4.74 Å². The number of carbonyl (C=O) groups excluding carboxylic acids is 1. The summed E-state index contributed by atoms with van der Waals surface area (Å²) in [5.41, 5.74) is 2.14. The molecule has 30 heavy (non-hydrogen) atoms. The van der Waals surface area contributed by atoms with Crippen molar-refractivity contribution in [1.29, 1.82) is 0 Å². The van der Waals surface area contributed by atoms with Crippen molar-refractivity contribution in [3.8, 4) is 5.75 Å². The summed E-state index contributed by atoms with van der Waals surface area (Å²) in [6, 6.07) is 14.9. The average Bonchev–Trinajstić information content (AvgIpc) is 2.74. The molecular weight excluding hydrogens is 392 g/mol. The average molecular weight is 418 g/mol. The first-order valence-corrected chi connectivity index (χ1v) is 9.69. The van der Waals surface area contributed by atoms with Crippen LogP contribution in [0.5, 0.6) is 5.75 Å². The number of aliphatic hydroxyl groups excluding tert-OH is 4. The first-order chi connectivity index (χ1) is 14.4. The lowest BCUT2D eigenvalue weighted by Gasteiger charge is -2.37. The number of esters is 1. The summed E-state index contributed by atoms with van der Waals surface area (Å²) in [4.78, 5) is 12.4. The molecule has 0 aliphatic carbocycles. The lowest BCUT2D eigenvalue weighted by molar-refractivity contribution is -0.286. The van der Waals surface area contributed by atoms with E-state index in [1.54, 1.807) is 25.1 Å². The second-order valence-corrected chi connectivity index (χ2v) is 7.20. The van der Waals surface area contributed by atoms with Crippen molar-refractivity contribution in [2.75, 3.05) is 13.2 Å². The first-order valence-electron chi connectivity index (χ1n) is 9.69. The molecule has 0 spiro atoms. The van der Waals surface area contributed by atoms with E-state index < -0.39 is 43.3 Å². The number of aliphatic hydroxyl groups is 4. The summed E-state index contributed by atoms with van der Waals surface area (Å²) in [7, 11) is 0. The normalized spacial score (nSPS) is 26.2. The van der Waals surface area contributed by atoms with E-state index in [-0.39, 0.29) is 0 Å². The molecule has 2 aromatic rings. The molecule has 8 heteroatoms. The van der Waals surface area contributed by atoms with Crippen LogP contribution in [-0.4, -0.2) is 70.3 Å². The highest BCUT2D eigenvalue weighted by atomic mass is 16.6. The molecule has 2 aromatic carbocycles. The molecule has 4 N–H and O–H groups in total. The monoisotopic (exact) mass is 418 g/mol. The Labute approximate surface area is 174 Å². The van der Waals surface area contributed by atoms with Gasteiger partial charge < -0.3 is 34.6 Å². The van der Waals surface area contributed by atoms with Crippen molar-refractivity contribution in [3.63, 3.8) is 0 Å². The standard InChI is InChI=1S/C22H26O8/c1-13-11-15(28-10-9-14-5-3-2-4-6-14)7-8-16(13)21(26)29-12-17-18(23)19(24)20(25)22(27)30-17/h2-8,11,17-20,22-25,27H,9-10,12H2,1H3/t17-,18+,19+,20-,22?/m1/s1. The van der Waals surface area contributed by atoms with Gasteiger partial charge in [0.15, 0.2) is 6.29 Å². The zero-order chi connectivity index (χ0) is 21.7. The molecule has 0 radical (unpaired) electrons. The van der Waals surface area contributed by atoms with Gasteiger partial charge in [0, 0.05) is 6.42 Å². The fourth-order valence-corrected chi connectivity index (χ4v) is 3.19. The summed E-state index contributed by atoms with van der Waals surface area (Å²) in [5, 5.41) is 38.6. The van der Waals surface area contributed by atoms with E-state index >= 15 is 0 Å². The second-order valence-electron chi connectivity index (χ2n) is 7.20. The molecule has 5 atom stereocenters. The van der Waals surface area contributed by atoms with Crippen LogP contribution in [0.15, 0.2) is 48.5 Å². The van der Waals surface area contributed by atoms with E-state index in [2.05, 4.69) is 0 Å². The van der Waals surface area contributed by atoms with E-state index in [1.165, 1.54) is 5.56 Å². The predicted molar refractivity (Wildman–Crippen MR) is 106 cm³/mol. The van der Waals surface area contributed by atoms with E-state index in [1.807, 2.05) is 30.3 Å². The first kappa shape index (κ1) is 22.2. The van der Waals surface area contributed by atoms with Gasteiger partial charge in [-0.15, -0.1) is 0 Å². The van der Waals surface area contributed by atoms with Gasteiger partial charge in [-0.2, -0.15) is 0 Å². The quantitative estimate of drug-likeness (QED) is 0.481. The Hall–Kier alpha value is -2.49. The van der Waals surface area contributed by atoms with Gasteiger partial charge in [0.25, 0.3) is 0 Å². The van der Waals surface area contributed by atoms with Crippen molar-refractivity contribution in [2.24, 2.45) is 0 Å². The number of carbonyl (C=O) groups is 1. The molecule has 0 amide bonds. The largest absolute Gasteiger partial charge is 0.493 e. The van der Waals surface area contributed by atoms with Crippen LogP contribution in [0.1, 0.15) is 21.5 Å². The van der Waals surface area contributed by atoms with Crippen LogP contribution in [0.4, 0.5) is 0 Å². The minimum atomic E-state index is -1.68. The van der Waals surface area contributed by atoms with Gasteiger partial charge >= 0.3 is 5.97 Å². The lowest BCUT2D eigenvalue weighted by atomic mass is 9.99.